The van der Waals surface area contributed by atoms with E-state index in [1.807, 2.05) is 0 Å². The van der Waals surface area contributed by atoms with E-state index in [0.29, 0.717) is 6.54 Å². The molecule has 1 aromatic rings. The molecule has 0 aliphatic rings. The first-order valence-electron chi connectivity index (χ1n) is 2.94. The van der Waals surface area contributed by atoms with Crippen LogP contribution >= 0.6 is 0 Å². The fourth-order valence-electron chi connectivity index (χ4n) is 0.643. The van der Waals surface area contributed by atoms with Crippen LogP contribution in [0.15, 0.2) is 17.5 Å². The molecule has 1 rings (SSSR count). The molecular weight excluding hydrogens is 130 g/mol. The SMILES string of the molecule is O=C=NCCc1cnc[nH]1. The molecule has 4 nitrogen and oxygen atoms in total. The van der Waals surface area contributed by atoms with Crippen molar-refractivity contribution >= 4 is 6.08 Å². The summed E-state index contributed by atoms with van der Waals surface area (Å²) in [7, 11) is 0. The van der Waals surface area contributed by atoms with Gasteiger partial charge in [-0.25, -0.2) is 14.8 Å². The average Bonchev–Trinajstić information content (AvgIpc) is 2.41. The fraction of sp³-hybridized carbons (Fsp3) is 0.333. The number of rotatable bonds is 3. The van der Waals surface area contributed by atoms with E-state index >= 15 is 0 Å². The maximum atomic E-state index is 9.62. The molecule has 52 valence electrons. The van der Waals surface area contributed by atoms with Gasteiger partial charge in [0, 0.05) is 18.3 Å². The van der Waals surface area contributed by atoms with Crippen LogP contribution in [-0.2, 0) is 11.2 Å². The number of nitrogens with zero attached hydrogens (tertiary/aromatic N) is 2. The molecule has 0 aliphatic carbocycles. The van der Waals surface area contributed by atoms with Gasteiger partial charge in [0.15, 0.2) is 0 Å². The number of H-pyrrole nitrogens is 1. The molecule has 0 atom stereocenters. The number of aliphatic imine (C=N–C) groups is 1. The van der Waals surface area contributed by atoms with Crippen molar-refractivity contribution in [2.75, 3.05) is 6.54 Å². The van der Waals surface area contributed by atoms with Gasteiger partial charge in [0.05, 0.1) is 12.9 Å². The molecule has 1 aromatic heterocycles. The predicted octanol–water partition coefficient (Wildman–Crippen LogP) is 0.288. The van der Waals surface area contributed by atoms with Crippen LogP contribution < -0.4 is 0 Å². The standard InChI is InChI=1S/C6H7N3O/c10-5-7-2-1-6-3-8-4-9-6/h3-4H,1-2H2,(H,8,9). The summed E-state index contributed by atoms with van der Waals surface area (Å²) in [6.07, 6.45) is 5.49. The first kappa shape index (κ1) is 6.71. The molecule has 0 amide bonds. The van der Waals surface area contributed by atoms with Crippen molar-refractivity contribution in [2.24, 2.45) is 4.99 Å². The lowest BCUT2D eigenvalue weighted by atomic mass is 10.3. The van der Waals surface area contributed by atoms with Crippen molar-refractivity contribution in [1.29, 1.82) is 0 Å². The minimum Gasteiger partial charge on any atom is -0.348 e. The summed E-state index contributed by atoms with van der Waals surface area (Å²) in [5.41, 5.74) is 0.985. The Morgan fingerprint density at radius 3 is 3.30 bits per heavy atom. The van der Waals surface area contributed by atoms with Crippen molar-refractivity contribution in [3.8, 4) is 0 Å². The normalized spacial score (nSPS) is 8.80. The minimum atomic E-state index is 0.478. The van der Waals surface area contributed by atoms with Gasteiger partial charge < -0.3 is 4.98 Å². The molecule has 0 saturated heterocycles. The molecule has 10 heavy (non-hydrogen) atoms. The van der Waals surface area contributed by atoms with Crippen molar-refractivity contribution in [3.63, 3.8) is 0 Å². The van der Waals surface area contributed by atoms with E-state index in [2.05, 4.69) is 15.0 Å². The lowest BCUT2D eigenvalue weighted by Gasteiger charge is -1.86. The second-order valence-corrected chi connectivity index (χ2v) is 1.80. The Morgan fingerprint density at radius 2 is 2.70 bits per heavy atom. The number of hydrogen-bond donors (Lipinski definition) is 1. The van der Waals surface area contributed by atoms with Crippen LogP contribution in [0.1, 0.15) is 5.69 Å². The van der Waals surface area contributed by atoms with Gasteiger partial charge in [-0.1, -0.05) is 0 Å². The molecule has 0 radical (unpaired) electrons. The molecular formula is C6H7N3O. The summed E-state index contributed by atoms with van der Waals surface area (Å²) in [4.78, 5) is 19.7. The zero-order valence-electron chi connectivity index (χ0n) is 5.37. The van der Waals surface area contributed by atoms with Crippen LogP contribution in [0.3, 0.4) is 0 Å². The molecule has 0 bridgehead atoms. The zero-order valence-corrected chi connectivity index (χ0v) is 5.37. The van der Waals surface area contributed by atoms with E-state index in [4.69, 9.17) is 0 Å². The first-order valence-corrected chi connectivity index (χ1v) is 2.94. The van der Waals surface area contributed by atoms with Crippen LogP contribution in [0.4, 0.5) is 0 Å². The van der Waals surface area contributed by atoms with E-state index < -0.39 is 0 Å². The summed E-state index contributed by atoms with van der Waals surface area (Å²) in [6.45, 7) is 0.478. The fourth-order valence-corrected chi connectivity index (χ4v) is 0.643. The highest BCUT2D eigenvalue weighted by Gasteiger charge is 1.89. The number of imidazole rings is 1. The van der Waals surface area contributed by atoms with Gasteiger partial charge in [0.25, 0.3) is 0 Å². The van der Waals surface area contributed by atoms with Gasteiger partial charge in [-0.15, -0.1) is 0 Å². The van der Waals surface area contributed by atoms with Crippen LogP contribution in [0.5, 0.6) is 0 Å². The van der Waals surface area contributed by atoms with Crippen molar-refractivity contribution < 1.29 is 4.79 Å². The van der Waals surface area contributed by atoms with Gasteiger partial charge >= 0.3 is 0 Å². The molecule has 4 heteroatoms. The molecule has 0 spiro atoms. The third-order valence-electron chi connectivity index (χ3n) is 1.11. The molecule has 1 N–H and O–H groups in total. The number of hydrogen-bond acceptors (Lipinski definition) is 3. The molecule has 0 aromatic carbocycles. The minimum absolute atomic E-state index is 0.478. The average molecular weight is 137 g/mol. The van der Waals surface area contributed by atoms with Crippen LogP contribution in [0.2, 0.25) is 0 Å². The number of nitrogens with one attached hydrogen (secondary N) is 1. The molecule has 1 heterocycles. The quantitative estimate of drug-likeness (QED) is 0.480. The number of isocyanates is 1. The topological polar surface area (TPSA) is 58.1 Å². The van der Waals surface area contributed by atoms with Gasteiger partial charge in [0.2, 0.25) is 6.08 Å². The zero-order chi connectivity index (χ0) is 7.23. The summed E-state index contributed by atoms with van der Waals surface area (Å²) in [6, 6.07) is 0. The highest BCUT2D eigenvalue weighted by atomic mass is 16.1. The van der Waals surface area contributed by atoms with E-state index in [-0.39, 0.29) is 0 Å². The summed E-state index contributed by atoms with van der Waals surface area (Å²) in [5, 5.41) is 0. The highest BCUT2D eigenvalue weighted by molar-refractivity contribution is 5.32. The number of aromatic nitrogens is 2. The van der Waals surface area contributed by atoms with Crippen molar-refractivity contribution in [1.82, 2.24) is 9.97 Å². The van der Waals surface area contributed by atoms with Gasteiger partial charge in [0.1, 0.15) is 0 Å². The van der Waals surface area contributed by atoms with E-state index in [0.717, 1.165) is 12.1 Å². The number of aromatic amines is 1. The van der Waals surface area contributed by atoms with Crippen LogP contribution in [0.25, 0.3) is 0 Å². The number of carbonyl (C=O) groups excluding carboxylic acids is 1. The Kier molecular flexibility index (Phi) is 2.40. The summed E-state index contributed by atoms with van der Waals surface area (Å²) in [5.74, 6) is 0. The maximum Gasteiger partial charge on any atom is 0.234 e. The Hall–Kier alpha value is -1.41. The van der Waals surface area contributed by atoms with Gasteiger partial charge in [-0.2, -0.15) is 0 Å². The second kappa shape index (κ2) is 3.58. The summed E-state index contributed by atoms with van der Waals surface area (Å²) >= 11 is 0. The Morgan fingerprint density at radius 1 is 1.80 bits per heavy atom. The lowest BCUT2D eigenvalue weighted by molar-refractivity contribution is 0.563. The lowest BCUT2D eigenvalue weighted by Crippen LogP contribution is -1.87. The summed E-state index contributed by atoms with van der Waals surface area (Å²) < 4.78 is 0. The van der Waals surface area contributed by atoms with Crippen LogP contribution in [0, 0.1) is 0 Å². The highest BCUT2D eigenvalue weighted by Crippen LogP contribution is 1.91. The van der Waals surface area contributed by atoms with Crippen LogP contribution in [-0.4, -0.2) is 22.6 Å². The largest absolute Gasteiger partial charge is 0.348 e. The van der Waals surface area contributed by atoms with Crippen molar-refractivity contribution in [3.05, 3.63) is 18.2 Å². The van der Waals surface area contributed by atoms with Gasteiger partial charge in [-0.3, -0.25) is 0 Å². The van der Waals surface area contributed by atoms with Gasteiger partial charge in [-0.05, 0) is 0 Å². The maximum absolute atomic E-state index is 9.62. The monoisotopic (exact) mass is 137 g/mol. The molecule has 0 saturated carbocycles. The van der Waals surface area contributed by atoms with Crippen molar-refractivity contribution in [2.45, 2.75) is 6.42 Å². The smallest absolute Gasteiger partial charge is 0.234 e. The van der Waals surface area contributed by atoms with E-state index in [1.54, 1.807) is 12.5 Å². The van der Waals surface area contributed by atoms with E-state index in [9.17, 15) is 4.79 Å². The second-order valence-electron chi connectivity index (χ2n) is 1.80. The van der Waals surface area contributed by atoms with E-state index in [1.165, 1.54) is 6.08 Å². The first-order chi connectivity index (χ1) is 4.93. The predicted molar refractivity (Wildman–Crippen MR) is 35.3 cm³/mol. The Labute approximate surface area is 58.0 Å². The molecule has 0 aliphatic heterocycles. The Balaban J connectivity index is 2.34. The Bertz CT molecular complexity index is 223. The molecule has 0 fully saturated rings. The third-order valence-corrected chi connectivity index (χ3v) is 1.11. The third kappa shape index (κ3) is 1.84. The molecule has 0 unspecified atom stereocenters.